The molecule has 112 valence electrons. The molecular formula is C18H11NO4. The van der Waals surface area contributed by atoms with Gasteiger partial charge in [0.05, 0.1) is 16.8 Å². The first kappa shape index (κ1) is 14.6. The molecule has 2 amide bonds. The lowest BCUT2D eigenvalue weighted by molar-refractivity contribution is -0.104. The molecule has 5 heteroatoms. The summed E-state index contributed by atoms with van der Waals surface area (Å²) in [7, 11) is 0. The summed E-state index contributed by atoms with van der Waals surface area (Å²) in [6.07, 6.45) is 4.28. The maximum Gasteiger partial charge on any atom is 0.266 e. The number of aldehydes is 2. The molecule has 1 aliphatic heterocycles. The van der Waals surface area contributed by atoms with Crippen LogP contribution in [0.15, 0.2) is 48.5 Å². The molecule has 0 saturated heterocycles. The third-order valence-electron chi connectivity index (χ3n) is 3.57. The zero-order valence-corrected chi connectivity index (χ0v) is 11.9. The molecule has 2 aromatic rings. The Hall–Kier alpha value is -3.34. The Kier molecular flexibility index (Phi) is 3.68. The van der Waals surface area contributed by atoms with Crippen molar-refractivity contribution in [3.05, 3.63) is 70.8 Å². The summed E-state index contributed by atoms with van der Waals surface area (Å²) in [6, 6.07) is 11.1. The van der Waals surface area contributed by atoms with E-state index in [1.807, 2.05) is 0 Å². The Bertz CT molecular complexity index is 850. The lowest BCUT2D eigenvalue weighted by atomic mass is 10.1. The van der Waals surface area contributed by atoms with E-state index in [1.165, 1.54) is 24.3 Å². The van der Waals surface area contributed by atoms with E-state index in [1.54, 1.807) is 30.3 Å². The van der Waals surface area contributed by atoms with Crippen LogP contribution >= 0.6 is 0 Å². The lowest BCUT2D eigenvalue weighted by Gasteiger charge is -2.13. The van der Waals surface area contributed by atoms with Gasteiger partial charge in [0, 0.05) is 5.56 Å². The van der Waals surface area contributed by atoms with Crippen LogP contribution in [0.4, 0.5) is 5.69 Å². The number of amides is 2. The minimum Gasteiger partial charge on any atom is -0.299 e. The van der Waals surface area contributed by atoms with Crippen molar-refractivity contribution in [2.24, 2.45) is 0 Å². The first-order valence-corrected chi connectivity index (χ1v) is 6.85. The Morgan fingerprint density at radius 1 is 0.783 bits per heavy atom. The van der Waals surface area contributed by atoms with Crippen LogP contribution in [0, 0.1) is 0 Å². The maximum atomic E-state index is 12.5. The van der Waals surface area contributed by atoms with Gasteiger partial charge >= 0.3 is 0 Å². The summed E-state index contributed by atoms with van der Waals surface area (Å²) >= 11 is 0. The van der Waals surface area contributed by atoms with E-state index in [9.17, 15) is 19.2 Å². The molecule has 0 N–H and O–H groups in total. The highest BCUT2D eigenvalue weighted by Gasteiger charge is 2.36. The molecule has 0 radical (unpaired) electrons. The number of anilines is 1. The quantitative estimate of drug-likeness (QED) is 0.494. The van der Waals surface area contributed by atoms with Gasteiger partial charge in [-0.1, -0.05) is 24.3 Å². The van der Waals surface area contributed by atoms with Crippen molar-refractivity contribution in [3.8, 4) is 0 Å². The van der Waals surface area contributed by atoms with Crippen molar-refractivity contribution >= 4 is 36.2 Å². The molecule has 0 atom stereocenters. The summed E-state index contributed by atoms with van der Waals surface area (Å²) in [5, 5.41) is 0. The molecule has 0 fully saturated rings. The normalized spacial score (nSPS) is 13.5. The Morgan fingerprint density at radius 3 is 2.09 bits per heavy atom. The van der Waals surface area contributed by atoms with Gasteiger partial charge < -0.3 is 0 Å². The van der Waals surface area contributed by atoms with Crippen LogP contribution in [-0.2, 0) is 4.79 Å². The minimum atomic E-state index is -0.454. The molecule has 0 spiro atoms. The molecule has 1 aliphatic rings. The first-order chi connectivity index (χ1) is 11.2. The van der Waals surface area contributed by atoms with E-state index in [0.717, 1.165) is 10.5 Å². The van der Waals surface area contributed by atoms with Crippen LogP contribution in [0.3, 0.4) is 0 Å². The van der Waals surface area contributed by atoms with Gasteiger partial charge in [0.2, 0.25) is 0 Å². The Balaban J connectivity index is 1.97. The van der Waals surface area contributed by atoms with E-state index in [4.69, 9.17) is 0 Å². The van der Waals surface area contributed by atoms with Gasteiger partial charge in [0.15, 0.2) is 0 Å². The summed E-state index contributed by atoms with van der Waals surface area (Å²) in [6.45, 7) is 0. The second-order valence-electron chi connectivity index (χ2n) is 4.96. The van der Waals surface area contributed by atoms with Gasteiger partial charge in [0.25, 0.3) is 11.8 Å². The van der Waals surface area contributed by atoms with Crippen molar-refractivity contribution in [2.45, 2.75) is 0 Å². The van der Waals surface area contributed by atoms with E-state index in [0.29, 0.717) is 23.8 Å². The number of hydrogen-bond acceptors (Lipinski definition) is 4. The average Bonchev–Trinajstić information content (AvgIpc) is 2.84. The van der Waals surface area contributed by atoms with Crippen molar-refractivity contribution in [3.63, 3.8) is 0 Å². The fourth-order valence-corrected chi connectivity index (χ4v) is 2.45. The number of allylic oxidation sites excluding steroid dienone is 1. The first-order valence-electron chi connectivity index (χ1n) is 6.85. The largest absolute Gasteiger partial charge is 0.299 e. The number of carbonyl (C=O) groups excluding carboxylic acids is 4. The number of nitrogens with zero attached hydrogens (tertiary/aromatic N) is 1. The molecule has 0 saturated carbocycles. The molecule has 0 unspecified atom stereocenters. The van der Waals surface area contributed by atoms with Crippen LogP contribution in [0.5, 0.6) is 0 Å². The maximum absolute atomic E-state index is 12.5. The highest BCUT2D eigenvalue weighted by Crippen LogP contribution is 2.29. The van der Waals surface area contributed by atoms with Gasteiger partial charge in [-0.3, -0.25) is 19.2 Å². The second kappa shape index (κ2) is 5.81. The Labute approximate surface area is 131 Å². The van der Waals surface area contributed by atoms with Crippen LogP contribution in [-0.4, -0.2) is 24.4 Å². The van der Waals surface area contributed by atoms with Gasteiger partial charge in [-0.05, 0) is 35.9 Å². The second-order valence-corrected chi connectivity index (χ2v) is 4.96. The molecule has 23 heavy (non-hydrogen) atoms. The van der Waals surface area contributed by atoms with Gasteiger partial charge in [-0.2, -0.15) is 0 Å². The van der Waals surface area contributed by atoms with E-state index >= 15 is 0 Å². The zero-order chi connectivity index (χ0) is 16.4. The number of imide groups is 1. The molecule has 0 aliphatic carbocycles. The minimum absolute atomic E-state index is 0.226. The number of hydrogen-bond donors (Lipinski definition) is 0. The topological polar surface area (TPSA) is 71.5 Å². The lowest BCUT2D eigenvalue weighted by Crippen LogP contribution is -2.29. The van der Waals surface area contributed by atoms with Crippen LogP contribution in [0.1, 0.15) is 36.6 Å². The Morgan fingerprint density at radius 2 is 1.43 bits per heavy atom. The van der Waals surface area contributed by atoms with Crippen molar-refractivity contribution in [1.29, 1.82) is 0 Å². The number of rotatable bonds is 4. The standard InChI is InChI=1S/C18H11NO4/c20-9-1-2-12-3-6-14(7-4-12)19-17(22)15-8-5-13(11-21)10-16(15)18(19)23/h1-11H. The SMILES string of the molecule is O=CC=Cc1ccc(N2C(=O)c3ccc(C=O)cc3C2=O)cc1. The van der Waals surface area contributed by atoms with Gasteiger partial charge in [-0.25, -0.2) is 4.90 Å². The van der Waals surface area contributed by atoms with Crippen molar-refractivity contribution in [2.75, 3.05) is 4.90 Å². The summed E-state index contributed by atoms with van der Waals surface area (Å²) < 4.78 is 0. The highest BCUT2D eigenvalue weighted by molar-refractivity contribution is 6.34. The van der Waals surface area contributed by atoms with Crippen molar-refractivity contribution in [1.82, 2.24) is 0 Å². The molecule has 5 nitrogen and oxygen atoms in total. The smallest absolute Gasteiger partial charge is 0.266 e. The molecule has 0 aromatic heterocycles. The van der Waals surface area contributed by atoms with E-state index in [2.05, 4.69) is 0 Å². The van der Waals surface area contributed by atoms with Crippen LogP contribution in [0.2, 0.25) is 0 Å². The number of fused-ring (bicyclic) bond motifs is 1. The summed E-state index contributed by atoms with van der Waals surface area (Å²) in [5.74, 6) is -0.872. The molecular weight excluding hydrogens is 294 g/mol. The number of benzene rings is 2. The summed E-state index contributed by atoms with van der Waals surface area (Å²) in [4.78, 5) is 47.1. The van der Waals surface area contributed by atoms with Crippen LogP contribution in [0.25, 0.3) is 6.08 Å². The van der Waals surface area contributed by atoms with Crippen molar-refractivity contribution < 1.29 is 19.2 Å². The fraction of sp³-hybridized carbons (Fsp3) is 0. The predicted octanol–water partition coefficient (Wildman–Crippen LogP) is 2.51. The monoisotopic (exact) mass is 305 g/mol. The highest BCUT2D eigenvalue weighted by atomic mass is 16.2. The van der Waals surface area contributed by atoms with Gasteiger partial charge in [-0.15, -0.1) is 0 Å². The molecule has 2 aromatic carbocycles. The molecule has 0 bridgehead atoms. The van der Waals surface area contributed by atoms with E-state index in [-0.39, 0.29) is 11.1 Å². The third kappa shape index (κ3) is 2.48. The van der Waals surface area contributed by atoms with Gasteiger partial charge in [0.1, 0.15) is 12.6 Å². The predicted molar refractivity (Wildman–Crippen MR) is 84.5 cm³/mol. The zero-order valence-electron chi connectivity index (χ0n) is 11.9. The average molecular weight is 305 g/mol. The van der Waals surface area contributed by atoms with E-state index < -0.39 is 11.8 Å². The molecule has 1 heterocycles. The summed E-state index contributed by atoms with van der Waals surface area (Å²) in [5.41, 5.74) is 2.07. The number of carbonyl (C=O) groups is 4. The molecule has 3 rings (SSSR count). The fourth-order valence-electron chi connectivity index (χ4n) is 2.45. The van der Waals surface area contributed by atoms with Crippen LogP contribution < -0.4 is 4.90 Å². The third-order valence-corrected chi connectivity index (χ3v) is 3.57.